The standard InChI is InChI=1S/C17H29N5/c1-4-20-9-11-21(12-10-20)16-13-15(3)18-17(19-16)22-7-5-14(2)6-8-22/h13-14H,4-12H2,1-3H3. The van der Waals surface area contributed by atoms with Crippen molar-refractivity contribution in [1.82, 2.24) is 14.9 Å². The summed E-state index contributed by atoms with van der Waals surface area (Å²) >= 11 is 0. The molecule has 2 aliphatic heterocycles. The van der Waals surface area contributed by atoms with Crippen LogP contribution in [0, 0.1) is 12.8 Å². The first-order valence-corrected chi connectivity index (χ1v) is 8.73. The molecular formula is C17H29N5. The minimum absolute atomic E-state index is 0.836. The minimum atomic E-state index is 0.836. The summed E-state index contributed by atoms with van der Waals surface area (Å²) in [6, 6.07) is 2.14. The van der Waals surface area contributed by atoms with Crippen LogP contribution in [0.25, 0.3) is 0 Å². The van der Waals surface area contributed by atoms with Gasteiger partial charge >= 0.3 is 0 Å². The molecule has 1 aromatic heterocycles. The van der Waals surface area contributed by atoms with Gasteiger partial charge in [-0.05, 0) is 32.2 Å². The molecule has 0 bridgehead atoms. The molecule has 0 aromatic carbocycles. The summed E-state index contributed by atoms with van der Waals surface area (Å²) in [5, 5.41) is 0. The molecule has 22 heavy (non-hydrogen) atoms. The fraction of sp³-hybridized carbons (Fsp3) is 0.765. The number of nitrogens with zero attached hydrogens (tertiary/aromatic N) is 5. The van der Waals surface area contributed by atoms with Crippen molar-refractivity contribution in [2.75, 3.05) is 55.6 Å². The Labute approximate surface area is 134 Å². The maximum atomic E-state index is 4.88. The number of aromatic nitrogens is 2. The van der Waals surface area contributed by atoms with Crippen molar-refractivity contribution in [1.29, 1.82) is 0 Å². The third-order valence-electron chi connectivity index (χ3n) is 5.04. The maximum Gasteiger partial charge on any atom is 0.227 e. The van der Waals surface area contributed by atoms with Gasteiger partial charge in [0.05, 0.1) is 0 Å². The Morgan fingerprint density at radius 1 is 1.00 bits per heavy atom. The molecule has 3 rings (SSSR count). The van der Waals surface area contributed by atoms with Crippen LogP contribution in [0.1, 0.15) is 32.4 Å². The second-order valence-electron chi connectivity index (χ2n) is 6.76. The zero-order valence-corrected chi connectivity index (χ0v) is 14.3. The number of piperidine rings is 1. The summed E-state index contributed by atoms with van der Waals surface area (Å²) in [5.74, 6) is 2.87. The molecule has 0 spiro atoms. The highest BCUT2D eigenvalue weighted by atomic mass is 15.3. The Morgan fingerprint density at radius 3 is 2.32 bits per heavy atom. The number of hydrogen-bond acceptors (Lipinski definition) is 5. The van der Waals surface area contributed by atoms with E-state index in [1.165, 1.54) is 12.8 Å². The first kappa shape index (κ1) is 15.5. The number of rotatable bonds is 3. The van der Waals surface area contributed by atoms with E-state index in [-0.39, 0.29) is 0 Å². The quantitative estimate of drug-likeness (QED) is 0.855. The summed E-state index contributed by atoms with van der Waals surface area (Å²) in [4.78, 5) is 16.8. The van der Waals surface area contributed by atoms with Crippen LogP contribution in [0.15, 0.2) is 6.07 Å². The van der Waals surface area contributed by atoms with Gasteiger partial charge in [-0.2, -0.15) is 4.98 Å². The van der Waals surface area contributed by atoms with Crippen LogP contribution in [0.4, 0.5) is 11.8 Å². The zero-order valence-electron chi connectivity index (χ0n) is 14.3. The van der Waals surface area contributed by atoms with E-state index >= 15 is 0 Å². The average molecular weight is 303 g/mol. The molecule has 5 heteroatoms. The van der Waals surface area contributed by atoms with Crippen LogP contribution in [0.2, 0.25) is 0 Å². The Morgan fingerprint density at radius 2 is 1.68 bits per heavy atom. The number of likely N-dealkylation sites (N-methyl/N-ethyl adjacent to an activating group) is 1. The SMILES string of the molecule is CCN1CCN(c2cc(C)nc(N3CCC(C)CC3)n2)CC1. The van der Waals surface area contributed by atoms with Gasteiger partial charge in [-0.25, -0.2) is 4.98 Å². The molecule has 0 saturated carbocycles. The van der Waals surface area contributed by atoms with Gasteiger partial charge in [0.25, 0.3) is 0 Å². The lowest BCUT2D eigenvalue weighted by molar-refractivity contribution is 0.270. The topological polar surface area (TPSA) is 35.5 Å². The van der Waals surface area contributed by atoms with Gasteiger partial charge in [-0.1, -0.05) is 13.8 Å². The van der Waals surface area contributed by atoms with Gasteiger partial charge in [0.15, 0.2) is 0 Å². The number of aryl methyl sites for hydroxylation is 1. The van der Waals surface area contributed by atoms with E-state index in [9.17, 15) is 0 Å². The molecule has 0 atom stereocenters. The summed E-state index contributed by atoms with van der Waals surface area (Å²) in [6.45, 7) is 14.4. The van der Waals surface area contributed by atoms with Crippen LogP contribution in [-0.2, 0) is 0 Å². The van der Waals surface area contributed by atoms with E-state index in [1.807, 2.05) is 0 Å². The van der Waals surface area contributed by atoms with Crippen molar-refractivity contribution in [3.63, 3.8) is 0 Å². The van der Waals surface area contributed by atoms with Crippen molar-refractivity contribution < 1.29 is 0 Å². The molecule has 2 aliphatic rings. The summed E-state index contributed by atoms with van der Waals surface area (Å²) in [5.41, 5.74) is 1.08. The molecule has 0 radical (unpaired) electrons. The predicted molar refractivity (Wildman–Crippen MR) is 91.7 cm³/mol. The number of anilines is 2. The number of piperazine rings is 1. The highest BCUT2D eigenvalue weighted by molar-refractivity contribution is 5.46. The lowest BCUT2D eigenvalue weighted by Gasteiger charge is -2.36. The third-order valence-corrected chi connectivity index (χ3v) is 5.04. The Hall–Kier alpha value is -1.36. The molecule has 0 aliphatic carbocycles. The second-order valence-corrected chi connectivity index (χ2v) is 6.76. The number of hydrogen-bond donors (Lipinski definition) is 0. The lowest BCUT2D eigenvalue weighted by Crippen LogP contribution is -2.46. The van der Waals surface area contributed by atoms with E-state index in [0.717, 1.165) is 69.2 Å². The highest BCUT2D eigenvalue weighted by Gasteiger charge is 2.21. The van der Waals surface area contributed by atoms with Gasteiger partial charge < -0.3 is 14.7 Å². The Balaban J connectivity index is 1.73. The molecule has 0 amide bonds. The maximum absolute atomic E-state index is 4.88. The van der Waals surface area contributed by atoms with E-state index in [0.29, 0.717) is 0 Å². The van der Waals surface area contributed by atoms with Crippen molar-refractivity contribution in [3.05, 3.63) is 11.8 Å². The van der Waals surface area contributed by atoms with Crippen LogP contribution in [-0.4, -0.2) is 60.7 Å². The van der Waals surface area contributed by atoms with E-state index < -0.39 is 0 Å². The summed E-state index contributed by atoms with van der Waals surface area (Å²) in [7, 11) is 0. The first-order chi connectivity index (χ1) is 10.7. The van der Waals surface area contributed by atoms with Crippen molar-refractivity contribution in [2.45, 2.75) is 33.6 Å². The van der Waals surface area contributed by atoms with Gasteiger partial charge in [-0.3, -0.25) is 0 Å². The minimum Gasteiger partial charge on any atom is -0.354 e. The lowest BCUT2D eigenvalue weighted by atomic mass is 10.00. The zero-order chi connectivity index (χ0) is 15.5. The van der Waals surface area contributed by atoms with Gasteiger partial charge in [-0.15, -0.1) is 0 Å². The molecule has 5 nitrogen and oxygen atoms in total. The van der Waals surface area contributed by atoms with Gasteiger partial charge in [0, 0.05) is 51.0 Å². The highest BCUT2D eigenvalue weighted by Crippen LogP contribution is 2.23. The summed E-state index contributed by atoms with van der Waals surface area (Å²) in [6.07, 6.45) is 2.50. The van der Waals surface area contributed by atoms with Crippen LogP contribution < -0.4 is 9.80 Å². The predicted octanol–water partition coefficient (Wildman–Crippen LogP) is 2.16. The van der Waals surface area contributed by atoms with Crippen LogP contribution in [0.5, 0.6) is 0 Å². The van der Waals surface area contributed by atoms with E-state index in [2.05, 4.69) is 46.5 Å². The largest absolute Gasteiger partial charge is 0.354 e. The van der Waals surface area contributed by atoms with Gasteiger partial charge in [0.1, 0.15) is 5.82 Å². The third kappa shape index (κ3) is 3.51. The second kappa shape index (κ2) is 6.82. The van der Waals surface area contributed by atoms with E-state index in [4.69, 9.17) is 4.98 Å². The molecule has 1 aromatic rings. The molecule has 2 fully saturated rings. The van der Waals surface area contributed by atoms with Gasteiger partial charge in [0.2, 0.25) is 5.95 Å². The Kier molecular flexibility index (Phi) is 4.81. The van der Waals surface area contributed by atoms with E-state index in [1.54, 1.807) is 0 Å². The fourth-order valence-corrected chi connectivity index (χ4v) is 3.34. The van der Waals surface area contributed by atoms with Crippen molar-refractivity contribution >= 4 is 11.8 Å². The van der Waals surface area contributed by atoms with Crippen LogP contribution in [0.3, 0.4) is 0 Å². The first-order valence-electron chi connectivity index (χ1n) is 8.73. The van der Waals surface area contributed by atoms with Crippen LogP contribution >= 0.6 is 0 Å². The molecule has 0 N–H and O–H groups in total. The molecule has 0 unspecified atom stereocenters. The summed E-state index contributed by atoms with van der Waals surface area (Å²) < 4.78 is 0. The normalized spacial score (nSPS) is 21.4. The molecule has 122 valence electrons. The van der Waals surface area contributed by atoms with Crippen molar-refractivity contribution in [2.24, 2.45) is 5.92 Å². The molecular weight excluding hydrogens is 274 g/mol. The monoisotopic (exact) mass is 303 g/mol. The Bertz CT molecular complexity index is 488. The molecule has 2 saturated heterocycles. The average Bonchev–Trinajstić information content (AvgIpc) is 2.55. The molecule has 3 heterocycles. The van der Waals surface area contributed by atoms with Crippen molar-refractivity contribution in [3.8, 4) is 0 Å². The smallest absolute Gasteiger partial charge is 0.227 e. The fourth-order valence-electron chi connectivity index (χ4n) is 3.34.